The van der Waals surface area contributed by atoms with E-state index in [9.17, 15) is 5.11 Å². The highest BCUT2D eigenvalue weighted by molar-refractivity contribution is 4.91. The Balaban J connectivity index is 1.92. The number of rotatable bonds is 4. The number of aliphatic hydroxyl groups excluding tert-OH is 1. The molecule has 0 aliphatic carbocycles. The largest absolute Gasteiger partial charge is 0.384 e. The Morgan fingerprint density at radius 3 is 2.83 bits per heavy atom. The molecule has 1 N–H and O–H groups in total. The molecule has 5 heteroatoms. The van der Waals surface area contributed by atoms with Crippen LogP contribution in [-0.4, -0.2) is 39.3 Å². The van der Waals surface area contributed by atoms with Crippen LogP contribution in [0.15, 0.2) is 4.52 Å². The molecular formula is C13H23N3O2. The zero-order valence-electron chi connectivity index (χ0n) is 11.5. The molecule has 18 heavy (non-hydrogen) atoms. The van der Waals surface area contributed by atoms with Crippen molar-refractivity contribution in [3.05, 3.63) is 11.7 Å². The van der Waals surface area contributed by atoms with Gasteiger partial charge in [0.25, 0.3) is 5.89 Å². The number of hydrogen-bond donors (Lipinski definition) is 1. The van der Waals surface area contributed by atoms with Gasteiger partial charge in [-0.1, -0.05) is 5.16 Å². The van der Waals surface area contributed by atoms with Crippen LogP contribution in [0.2, 0.25) is 0 Å². The Labute approximate surface area is 108 Å². The van der Waals surface area contributed by atoms with Gasteiger partial charge in [-0.2, -0.15) is 4.98 Å². The third kappa shape index (κ3) is 3.29. The average Bonchev–Trinajstić information content (AvgIpc) is 2.78. The summed E-state index contributed by atoms with van der Waals surface area (Å²) in [6.45, 7) is 8.42. The molecule has 1 saturated heterocycles. The van der Waals surface area contributed by atoms with Crippen molar-refractivity contribution in [3.8, 4) is 0 Å². The van der Waals surface area contributed by atoms with Crippen molar-refractivity contribution in [1.82, 2.24) is 15.0 Å². The van der Waals surface area contributed by atoms with Crippen molar-refractivity contribution in [2.45, 2.75) is 52.2 Å². The molecule has 1 fully saturated rings. The minimum atomic E-state index is -0.676. The number of likely N-dealkylation sites (tertiary alicyclic amines) is 1. The van der Waals surface area contributed by atoms with Crippen molar-refractivity contribution >= 4 is 0 Å². The summed E-state index contributed by atoms with van der Waals surface area (Å²) in [7, 11) is 0. The summed E-state index contributed by atoms with van der Waals surface area (Å²) in [6, 6.07) is 0.603. The highest BCUT2D eigenvalue weighted by Crippen LogP contribution is 2.21. The van der Waals surface area contributed by atoms with Crippen LogP contribution in [0.5, 0.6) is 0 Å². The van der Waals surface area contributed by atoms with Crippen LogP contribution in [0.3, 0.4) is 0 Å². The fourth-order valence-corrected chi connectivity index (χ4v) is 2.51. The second kappa shape index (κ2) is 5.80. The van der Waals surface area contributed by atoms with Gasteiger partial charge >= 0.3 is 0 Å². The third-order valence-corrected chi connectivity index (χ3v) is 3.59. The second-order valence-electron chi connectivity index (χ2n) is 5.53. The van der Waals surface area contributed by atoms with Gasteiger partial charge in [-0.05, 0) is 46.1 Å². The lowest BCUT2D eigenvalue weighted by Gasteiger charge is -2.35. The smallest absolute Gasteiger partial charge is 0.255 e. The summed E-state index contributed by atoms with van der Waals surface area (Å²) in [5.41, 5.74) is 0. The van der Waals surface area contributed by atoms with E-state index in [2.05, 4.69) is 28.9 Å². The summed E-state index contributed by atoms with van der Waals surface area (Å²) in [4.78, 5) is 6.73. The first kappa shape index (κ1) is 13.5. The van der Waals surface area contributed by atoms with Crippen LogP contribution in [0.1, 0.15) is 51.4 Å². The van der Waals surface area contributed by atoms with Gasteiger partial charge in [-0.25, -0.2) is 0 Å². The maximum absolute atomic E-state index is 9.35. The van der Waals surface area contributed by atoms with Gasteiger partial charge in [0.15, 0.2) is 5.82 Å². The van der Waals surface area contributed by atoms with Crippen LogP contribution in [0.4, 0.5) is 0 Å². The molecule has 0 aromatic carbocycles. The van der Waals surface area contributed by atoms with Crippen molar-refractivity contribution in [3.63, 3.8) is 0 Å². The van der Waals surface area contributed by atoms with E-state index in [-0.39, 0.29) is 0 Å². The Hall–Kier alpha value is -0.940. The zero-order valence-corrected chi connectivity index (χ0v) is 11.5. The summed E-state index contributed by atoms with van der Waals surface area (Å²) in [5.74, 6) is 1.64. The molecule has 0 amide bonds. The van der Waals surface area contributed by atoms with E-state index in [1.165, 1.54) is 19.4 Å². The molecule has 2 atom stereocenters. The fourth-order valence-electron chi connectivity index (χ4n) is 2.51. The second-order valence-corrected chi connectivity index (χ2v) is 5.53. The van der Waals surface area contributed by atoms with Crippen LogP contribution in [-0.2, 0) is 6.42 Å². The molecular weight excluding hydrogens is 230 g/mol. The minimum Gasteiger partial charge on any atom is -0.384 e. The number of hydrogen-bond acceptors (Lipinski definition) is 5. The van der Waals surface area contributed by atoms with Gasteiger partial charge in [-0.3, -0.25) is 0 Å². The first-order chi connectivity index (χ1) is 8.56. The Kier molecular flexibility index (Phi) is 4.35. The molecule has 2 rings (SSSR count). The normalized spacial score (nSPS) is 23.5. The SMILES string of the molecule is CC(O)c1nc(CC2CCCN(C(C)C)C2)no1. The van der Waals surface area contributed by atoms with Gasteiger partial charge in [0.05, 0.1) is 0 Å². The molecule has 2 heterocycles. The molecule has 5 nitrogen and oxygen atoms in total. The van der Waals surface area contributed by atoms with Crippen molar-refractivity contribution in [1.29, 1.82) is 0 Å². The van der Waals surface area contributed by atoms with Gasteiger partial charge < -0.3 is 14.5 Å². The van der Waals surface area contributed by atoms with Gasteiger partial charge in [0.1, 0.15) is 6.10 Å². The van der Waals surface area contributed by atoms with Crippen molar-refractivity contribution in [2.24, 2.45) is 5.92 Å². The Morgan fingerprint density at radius 2 is 2.22 bits per heavy atom. The zero-order chi connectivity index (χ0) is 13.1. The Morgan fingerprint density at radius 1 is 1.44 bits per heavy atom. The number of nitrogens with zero attached hydrogens (tertiary/aromatic N) is 3. The van der Waals surface area contributed by atoms with Crippen molar-refractivity contribution < 1.29 is 9.63 Å². The van der Waals surface area contributed by atoms with E-state index >= 15 is 0 Å². The maximum Gasteiger partial charge on any atom is 0.255 e. The molecule has 1 aromatic rings. The van der Waals surface area contributed by atoms with Crippen LogP contribution < -0.4 is 0 Å². The highest BCUT2D eigenvalue weighted by atomic mass is 16.5. The standard InChI is InChI=1S/C13H23N3O2/c1-9(2)16-6-4-5-11(8-16)7-12-14-13(10(3)17)18-15-12/h9-11,17H,4-8H2,1-3H3. The average molecular weight is 253 g/mol. The lowest BCUT2D eigenvalue weighted by Crippen LogP contribution is -2.40. The number of aliphatic hydroxyl groups is 1. The van der Waals surface area contributed by atoms with E-state index in [1.54, 1.807) is 6.92 Å². The van der Waals surface area contributed by atoms with Gasteiger partial charge in [0.2, 0.25) is 0 Å². The molecule has 2 unspecified atom stereocenters. The summed E-state index contributed by atoms with van der Waals surface area (Å²) in [6.07, 6.45) is 2.63. The lowest BCUT2D eigenvalue weighted by molar-refractivity contribution is 0.138. The van der Waals surface area contributed by atoms with E-state index in [0.29, 0.717) is 17.9 Å². The molecule has 0 saturated carbocycles. The quantitative estimate of drug-likeness (QED) is 0.886. The molecule has 0 spiro atoms. The van der Waals surface area contributed by atoms with Gasteiger partial charge in [-0.15, -0.1) is 0 Å². The number of piperidine rings is 1. The van der Waals surface area contributed by atoms with Crippen LogP contribution in [0.25, 0.3) is 0 Å². The fraction of sp³-hybridized carbons (Fsp3) is 0.846. The molecule has 1 aromatic heterocycles. The molecule has 0 bridgehead atoms. The number of aromatic nitrogens is 2. The minimum absolute atomic E-state index is 0.321. The predicted molar refractivity (Wildman–Crippen MR) is 68.1 cm³/mol. The van der Waals surface area contributed by atoms with Crippen LogP contribution >= 0.6 is 0 Å². The Bertz CT molecular complexity index is 376. The van der Waals surface area contributed by atoms with Gasteiger partial charge in [0, 0.05) is 19.0 Å². The topological polar surface area (TPSA) is 62.4 Å². The van der Waals surface area contributed by atoms with E-state index in [1.807, 2.05) is 0 Å². The summed E-state index contributed by atoms with van der Waals surface area (Å²) >= 11 is 0. The molecule has 1 aliphatic rings. The first-order valence-electron chi connectivity index (χ1n) is 6.81. The predicted octanol–water partition coefficient (Wildman–Crippen LogP) is 1.79. The van der Waals surface area contributed by atoms with Crippen molar-refractivity contribution in [2.75, 3.05) is 13.1 Å². The molecule has 1 aliphatic heterocycles. The maximum atomic E-state index is 9.35. The summed E-state index contributed by atoms with van der Waals surface area (Å²) in [5, 5.41) is 13.3. The first-order valence-corrected chi connectivity index (χ1v) is 6.81. The third-order valence-electron chi connectivity index (χ3n) is 3.59. The molecule has 102 valence electrons. The highest BCUT2D eigenvalue weighted by Gasteiger charge is 2.23. The van der Waals surface area contributed by atoms with Crippen LogP contribution in [0, 0.1) is 5.92 Å². The van der Waals surface area contributed by atoms with E-state index in [4.69, 9.17) is 4.52 Å². The molecule has 0 radical (unpaired) electrons. The van der Waals surface area contributed by atoms with E-state index < -0.39 is 6.10 Å². The van der Waals surface area contributed by atoms with E-state index in [0.717, 1.165) is 18.8 Å². The lowest BCUT2D eigenvalue weighted by atomic mass is 9.94. The monoisotopic (exact) mass is 253 g/mol. The summed E-state index contributed by atoms with van der Waals surface area (Å²) < 4.78 is 5.02.